The lowest BCUT2D eigenvalue weighted by molar-refractivity contribution is -0.0422. The monoisotopic (exact) mass is 494 g/mol. The molecule has 5 aromatic rings. The maximum Gasteiger partial charge on any atom is 0.335 e. The third-order valence-electron chi connectivity index (χ3n) is 6.45. The summed E-state index contributed by atoms with van der Waals surface area (Å²) in [6, 6.07) is 12.6. The van der Waals surface area contributed by atoms with Crippen LogP contribution in [0.4, 0.5) is 8.78 Å². The van der Waals surface area contributed by atoms with Crippen LogP contribution in [-0.2, 0) is 10.3 Å². The van der Waals surface area contributed by atoms with Gasteiger partial charge in [0.1, 0.15) is 16.9 Å². The van der Waals surface area contributed by atoms with E-state index in [1.54, 1.807) is 13.0 Å². The van der Waals surface area contributed by atoms with Gasteiger partial charge in [-0.3, -0.25) is 5.10 Å². The minimum absolute atomic E-state index is 0.00417. The lowest BCUT2D eigenvalue weighted by Gasteiger charge is -2.29. The van der Waals surface area contributed by atoms with E-state index in [-0.39, 0.29) is 34.1 Å². The van der Waals surface area contributed by atoms with Crippen molar-refractivity contribution >= 4 is 27.8 Å². The average molecular weight is 495 g/mol. The summed E-state index contributed by atoms with van der Waals surface area (Å²) >= 11 is 0. The highest BCUT2D eigenvalue weighted by molar-refractivity contribution is 6.06. The molecule has 184 valence electrons. The Bertz CT molecular complexity index is 1700. The molecule has 0 radical (unpaired) electrons. The Balaban J connectivity index is 1.95. The largest absolute Gasteiger partial charge is 0.478 e. The average Bonchev–Trinajstić information content (AvgIpc) is 3.51. The van der Waals surface area contributed by atoms with Crippen molar-refractivity contribution in [3.05, 3.63) is 83.7 Å². The van der Waals surface area contributed by atoms with E-state index in [1.165, 1.54) is 59.3 Å². The zero-order chi connectivity index (χ0) is 28.1. The van der Waals surface area contributed by atoms with Crippen LogP contribution in [0.1, 0.15) is 33.5 Å². The van der Waals surface area contributed by atoms with E-state index in [0.29, 0.717) is 22.2 Å². The summed E-state index contributed by atoms with van der Waals surface area (Å²) in [5.41, 5.74) is -0.561. The Labute approximate surface area is 208 Å². The van der Waals surface area contributed by atoms with Gasteiger partial charge in [-0.1, -0.05) is 19.1 Å². The third-order valence-corrected chi connectivity index (χ3v) is 6.45. The Hall–Kier alpha value is -4.08. The zero-order valence-electron chi connectivity index (χ0n) is 22.0. The first-order valence-electron chi connectivity index (χ1n) is 12.6. The number of carboxylic acids is 1. The Morgan fingerprint density at radius 3 is 2.56 bits per heavy atom. The van der Waals surface area contributed by atoms with Crippen LogP contribution in [0, 0.1) is 11.6 Å². The third kappa shape index (κ3) is 3.64. The molecule has 0 saturated carbocycles. The number of nitrogens with zero attached hydrogens (tertiary/aromatic N) is 2. The van der Waals surface area contributed by atoms with Gasteiger partial charge in [0.25, 0.3) is 0 Å². The number of aromatic nitrogens is 3. The lowest BCUT2D eigenvalue weighted by atomic mass is 9.89. The van der Waals surface area contributed by atoms with Crippen molar-refractivity contribution in [3.8, 4) is 16.8 Å². The number of nitrogens with one attached hydrogen (secondary N) is 1. The number of aromatic amines is 1. The van der Waals surface area contributed by atoms with E-state index in [4.69, 9.17) is 8.85 Å². The molecule has 5 rings (SSSR count). The second kappa shape index (κ2) is 8.85. The van der Waals surface area contributed by atoms with Crippen molar-refractivity contribution in [2.24, 2.45) is 0 Å². The van der Waals surface area contributed by atoms with Crippen molar-refractivity contribution in [2.45, 2.75) is 18.9 Å². The SMILES string of the molecule is [2H]C([2H])([2H])OCC(O)(CC)c1c(-c2ccc(C(=O)O)cc2)c2c(F)c3[nH]ncc3cc2n1-c1ccc(F)cc1. The van der Waals surface area contributed by atoms with Crippen LogP contribution >= 0.6 is 0 Å². The van der Waals surface area contributed by atoms with Gasteiger partial charge in [-0.25, -0.2) is 13.6 Å². The van der Waals surface area contributed by atoms with Crippen LogP contribution < -0.4 is 0 Å². The van der Waals surface area contributed by atoms with E-state index in [1.807, 2.05) is 0 Å². The number of aliphatic hydroxyl groups is 1. The van der Waals surface area contributed by atoms with E-state index < -0.39 is 36.8 Å². The summed E-state index contributed by atoms with van der Waals surface area (Å²) in [5.74, 6) is -2.35. The van der Waals surface area contributed by atoms with Gasteiger partial charge in [0, 0.05) is 29.1 Å². The molecule has 0 saturated heterocycles. The van der Waals surface area contributed by atoms with Gasteiger partial charge >= 0.3 is 5.97 Å². The number of ether oxygens (including phenoxy) is 1. The first-order valence-corrected chi connectivity index (χ1v) is 11.1. The van der Waals surface area contributed by atoms with Gasteiger partial charge in [-0.05, 0) is 54.4 Å². The summed E-state index contributed by atoms with van der Waals surface area (Å²) in [6.45, 7) is 0.955. The Kier molecular flexibility index (Phi) is 4.95. The topological polar surface area (TPSA) is 100 Å². The molecule has 0 amide bonds. The number of aromatic carboxylic acids is 1. The van der Waals surface area contributed by atoms with Crippen LogP contribution in [0.25, 0.3) is 38.6 Å². The molecule has 1 atom stereocenters. The molecule has 0 bridgehead atoms. The number of rotatable bonds is 7. The smallest absolute Gasteiger partial charge is 0.335 e. The van der Waals surface area contributed by atoms with Crippen molar-refractivity contribution < 1.29 is 32.6 Å². The van der Waals surface area contributed by atoms with Gasteiger partial charge < -0.3 is 19.5 Å². The van der Waals surface area contributed by atoms with Gasteiger partial charge in [0.05, 0.1) is 33.7 Å². The standard InChI is InChI=1S/C27H23F2N3O4/c1-3-27(35,14-36-2)25-21(15-4-6-16(7-5-15)26(33)34)22-20(12-17-13-30-31-24(17)23(22)29)32(25)19-10-8-18(28)9-11-19/h4-13,35H,3,14H2,1-2H3,(H,30,31)(H,33,34)/i2D3. The van der Waals surface area contributed by atoms with E-state index in [2.05, 4.69) is 10.2 Å². The molecule has 3 N–H and O–H groups in total. The second-order valence-corrected chi connectivity index (χ2v) is 8.51. The van der Waals surface area contributed by atoms with Crippen molar-refractivity contribution in [3.63, 3.8) is 0 Å². The minimum atomic E-state index is -2.83. The number of hydrogen-bond donors (Lipinski definition) is 3. The molecule has 0 spiro atoms. The van der Waals surface area contributed by atoms with Crippen molar-refractivity contribution in [2.75, 3.05) is 13.6 Å². The predicted octanol–water partition coefficient (Wildman–Crippen LogP) is 5.39. The molecule has 3 aromatic carbocycles. The zero-order valence-corrected chi connectivity index (χ0v) is 19.0. The summed E-state index contributed by atoms with van der Waals surface area (Å²) in [4.78, 5) is 11.5. The molecule has 0 aliphatic heterocycles. The number of methoxy groups -OCH3 is 1. The van der Waals surface area contributed by atoms with Crippen LogP contribution in [0.2, 0.25) is 0 Å². The molecular weight excluding hydrogens is 468 g/mol. The highest BCUT2D eigenvalue weighted by atomic mass is 19.1. The molecule has 9 heteroatoms. The summed E-state index contributed by atoms with van der Waals surface area (Å²) in [6.07, 6.45) is 1.40. The lowest BCUT2D eigenvalue weighted by Crippen LogP contribution is -2.33. The minimum Gasteiger partial charge on any atom is -0.478 e. The molecule has 1 unspecified atom stereocenters. The number of hydrogen-bond acceptors (Lipinski definition) is 4. The quantitative estimate of drug-likeness (QED) is 0.282. The first kappa shape index (κ1) is 20.1. The van der Waals surface area contributed by atoms with E-state index in [9.17, 15) is 19.4 Å². The first-order chi connectivity index (χ1) is 18.4. The van der Waals surface area contributed by atoms with Gasteiger partial charge in [-0.15, -0.1) is 0 Å². The van der Waals surface area contributed by atoms with Crippen molar-refractivity contribution in [1.29, 1.82) is 0 Å². The van der Waals surface area contributed by atoms with Crippen LogP contribution in [0.15, 0.2) is 60.8 Å². The van der Waals surface area contributed by atoms with Crippen molar-refractivity contribution in [1.82, 2.24) is 14.8 Å². The van der Waals surface area contributed by atoms with Crippen LogP contribution in [0.5, 0.6) is 0 Å². The van der Waals surface area contributed by atoms with E-state index >= 15 is 4.39 Å². The molecule has 0 aliphatic carbocycles. The Morgan fingerprint density at radius 2 is 1.92 bits per heavy atom. The number of halogens is 2. The molecule has 2 aromatic heterocycles. The normalized spacial score (nSPS) is 14.9. The van der Waals surface area contributed by atoms with Crippen LogP contribution in [0.3, 0.4) is 0 Å². The highest BCUT2D eigenvalue weighted by Gasteiger charge is 2.38. The summed E-state index contributed by atoms with van der Waals surface area (Å²) < 4.78 is 59.3. The maximum atomic E-state index is 16.3. The van der Waals surface area contributed by atoms with Gasteiger partial charge in [0.2, 0.25) is 0 Å². The predicted molar refractivity (Wildman–Crippen MR) is 131 cm³/mol. The molecule has 36 heavy (non-hydrogen) atoms. The number of carboxylic acid groups (broad SMARTS) is 1. The molecular formula is C27H23F2N3O4. The number of fused-ring (bicyclic) bond motifs is 2. The highest BCUT2D eigenvalue weighted by Crippen LogP contribution is 2.45. The summed E-state index contributed by atoms with van der Waals surface area (Å²) in [5, 5.41) is 28.5. The summed E-state index contributed by atoms with van der Waals surface area (Å²) in [7, 11) is -2.83. The number of H-pyrrole nitrogens is 1. The fourth-order valence-corrected chi connectivity index (χ4v) is 4.62. The fraction of sp³-hybridized carbons (Fsp3) is 0.185. The molecule has 7 nitrogen and oxygen atoms in total. The van der Waals surface area contributed by atoms with E-state index in [0.717, 1.165) is 0 Å². The number of benzene rings is 3. The molecule has 2 heterocycles. The second-order valence-electron chi connectivity index (χ2n) is 8.51. The fourth-order valence-electron chi connectivity index (χ4n) is 4.62. The maximum absolute atomic E-state index is 16.3. The van der Waals surface area contributed by atoms with Gasteiger partial charge in [0.15, 0.2) is 5.82 Å². The van der Waals surface area contributed by atoms with Crippen LogP contribution in [-0.4, -0.2) is 44.6 Å². The molecule has 0 fully saturated rings. The van der Waals surface area contributed by atoms with Gasteiger partial charge in [-0.2, -0.15) is 5.10 Å². The number of carbonyl (C=O) groups is 1. The Morgan fingerprint density at radius 1 is 1.19 bits per heavy atom. The molecule has 0 aliphatic rings.